The Kier molecular flexibility index (Phi) is 4.15. The Morgan fingerprint density at radius 2 is 1.96 bits per heavy atom. The van der Waals surface area contributed by atoms with E-state index in [0.717, 1.165) is 0 Å². The van der Waals surface area contributed by atoms with Crippen LogP contribution in [0.25, 0.3) is 11.1 Å². The molecule has 3 aromatic rings. The zero-order valence-corrected chi connectivity index (χ0v) is 15.0. The number of nitrogens with zero attached hydrogens (tertiary/aromatic N) is 1. The van der Waals surface area contributed by atoms with Crippen molar-refractivity contribution in [3.63, 3.8) is 0 Å². The lowest BCUT2D eigenvalue weighted by atomic mass is 9.90. The van der Waals surface area contributed by atoms with Crippen molar-refractivity contribution in [2.75, 3.05) is 5.32 Å². The molecule has 0 radical (unpaired) electrons. The van der Waals surface area contributed by atoms with Gasteiger partial charge in [0.1, 0.15) is 0 Å². The Morgan fingerprint density at radius 1 is 1.23 bits per heavy atom. The largest absolute Gasteiger partial charge is 0.419 e. The molecule has 1 fully saturated rings. The zero-order valence-electron chi connectivity index (χ0n) is 15.0. The lowest BCUT2D eigenvalue weighted by Crippen LogP contribution is -2.17. The van der Waals surface area contributed by atoms with Gasteiger partial charge in [-0.05, 0) is 55.4 Å². The first-order valence-corrected chi connectivity index (χ1v) is 8.97. The number of aryl methyl sites for hydroxylation is 2. The molecule has 26 heavy (non-hydrogen) atoms. The first-order chi connectivity index (χ1) is 12.5. The zero-order chi connectivity index (χ0) is 18.3. The summed E-state index contributed by atoms with van der Waals surface area (Å²) in [5.41, 5.74) is 4.33. The number of anilines is 1. The van der Waals surface area contributed by atoms with Gasteiger partial charge in [0.25, 0.3) is 0 Å². The van der Waals surface area contributed by atoms with Crippen molar-refractivity contribution < 1.29 is 9.21 Å². The lowest BCUT2D eigenvalue weighted by molar-refractivity contribution is -0.116. The predicted molar refractivity (Wildman–Crippen MR) is 101 cm³/mol. The molecule has 1 saturated carbocycles. The van der Waals surface area contributed by atoms with Crippen LogP contribution in [-0.4, -0.2) is 10.5 Å². The molecule has 1 aliphatic rings. The molecule has 5 nitrogen and oxygen atoms in total. The Bertz CT molecular complexity index is 1010. The highest BCUT2D eigenvalue weighted by atomic mass is 16.4. The average molecular weight is 350 g/mol. The normalized spacial score (nSPS) is 15.2. The molecule has 134 valence electrons. The molecule has 2 aromatic carbocycles. The third-order valence-electron chi connectivity index (χ3n) is 5.18. The van der Waals surface area contributed by atoms with Crippen LogP contribution in [0.1, 0.15) is 36.3 Å². The minimum atomic E-state index is -0.406. The van der Waals surface area contributed by atoms with E-state index in [1.807, 2.05) is 0 Å². The summed E-state index contributed by atoms with van der Waals surface area (Å²) in [5, 5.41) is 2.97. The highest BCUT2D eigenvalue weighted by Crippen LogP contribution is 2.44. The summed E-state index contributed by atoms with van der Waals surface area (Å²) < 4.78 is 6.56. The van der Waals surface area contributed by atoms with Crippen molar-refractivity contribution in [2.24, 2.45) is 13.0 Å². The van der Waals surface area contributed by atoms with E-state index in [2.05, 4.69) is 36.5 Å². The molecule has 4 rings (SSSR count). The topological polar surface area (TPSA) is 64.2 Å². The predicted octanol–water partition coefficient (Wildman–Crippen LogP) is 3.96. The minimum absolute atomic E-state index is 0.00433. The Balaban J connectivity index is 1.51. The van der Waals surface area contributed by atoms with Gasteiger partial charge in [-0.2, -0.15) is 0 Å². The molecule has 0 saturated heterocycles. The van der Waals surface area contributed by atoms with Gasteiger partial charge < -0.3 is 9.73 Å². The van der Waals surface area contributed by atoms with E-state index in [0.29, 0.717) is 29.1 Å². The molecule has 1 amide bonds. The van der Waals surface area contributed by atoms with E-state index in [1.165, 1.54) is 28.5 Å². The molecule has 1 unspecified atom stereocenters. The fraction of sp³-hybridized carbons (Fsp3) is 0.333. The molecule has 1 aromatic heterocycles. The summed E-state index contributed by atoms with van der Waals surface area (Å²) in [5.74, 6) is 0.449. The van der Waals surface area contributed by atoms with E-state index < -0.39 is 5.76 Å². The maximum Gasteiger partial charge on any atom is 0.419 e. The first-order valence-electron chi connectivity index (χ1n) is 8.97. The standard InChI is InChI=1S/C21H22N2O3/c1-13-3-5-14(6-4-13)17(15-7-8-15)12-20(24)22-16-9-10-19-18(11-16)23(2)21(25)26-19/h3-6,9-11,15,17H,7-8,12H2,1-2H3,(H,22,24). The summed E-state index contributed by atoms with van der Waals surface area (Å²) in [6, 6.07) is 13.7. The van der Waals surface area contributed by atoms with Crippen LogP contribution >= 0.6 is 0 Å². The van der Waals surface area contributed by atoms with Crippen LogP contribution in [0.4, 0.5) is 5.69 Å². The SMILES string of the molecule is Cc1ccc(C(CC(=O)Nc2ccc3oc(=O)n(C)c3c2)C2CC2)cc1. The molecule has 1 aliphatic carbocycles. The van der Waals surface area contributed by atoms with Gasteiger partial charge >= 0.3 is 5.76 Å². The molecule has 0 aliphatic heterocycles. The molecule has 5 heteroatoms. The number of rotatable bonds is 5. The van der Waals surface area contributed by atoms with Crippen LogP contribution in [0.15, 0.2) is 51.7 Å². The van der Waals surface area contributed by atoms with Crippen molar-refractivity contribution in [1.29, 1.82) is 0 Å². The van der Waals surface area contributed by atoms with E-state index in [9.17, 15) is 9.59 Å². The first kappa shape index (κ1) is 16.6. The summed E-state index contributed by atoms with van der Waals surface area (Å²) in [6.07, 6.45) is 2.85. The average Bonchev–Trinajstić information content (AvgIpc) is 3.42. The number of amides is 1. The van der Waals surface area contributed by atoms with Crippen molar-refractivity contribution in [3.8, 4) is 0 Å². The Labute approximate surface area is 151 Å². The van der Waals surface area contributed by atoms with Crippen molar-refractivity contribution >= 4 is 22.7 Å². The number of aromatic nitrogens is 1. The summed E-state index contributed by atoms with van der Waals surface area (Å²) >= 11 is 0. The fourth-order valence-corrected chi connectivity index (χ4v) is 3.49. The molecular weight excluding hydrogens is 328 g/mol. The van der Waals surface area contributed by atoms with Gasteiger partial charge in [0.2, 0.25) is 5.91 Å². The monoisotopic (exact) mass is 350 g/mol. The van der Waals surface area contributed by atoms with Gasteiger partial charge in [0.15, 0.2) is 5.58 Å². The third-order valence-corrected chi connectivity index (χ3v) is 5.18. The maximum atomic E-state index is 12.6. The highest BCUT2D eigenvalue weighted by Gasteiger charge is 2.33. The summed E-state index contributed by atoms with van der Waals surface area (Å²) in [7, 11) is 1.65. The highest BCUT2D eigenvalue weighted by molar-refractivity contribution is 5.93. The van der Waals surface area contributed by atoms with Crippen molar-refractivity contribution in [1.82, 2.24) is 4.57 Å². The molecule has 0 spiro atoms. The van der Waals surface area contributed by atoms with Crippen molar-refractivity contribution in [3.05, 3.63) is 64.1 Å². The third kappa shape index (κ3) is 3.29. The van der Waals surface area contributed by atoms with E-state index in [-0.39, 0.29) is 11.8 Å². The Morgan fingerprint density at radius 3 is 2.65 bits per heavy atom. The molecule has 0 bridgehead atoms. The van der Waals surface area contributed by atoms with Crippen LogP contribution in [0.5, 0.6) is 0 Å². The Hall–Kier alpha value is -2.82. The quantitative estimate of drug-likeness (QED) is 0.757. The van der Waals surface area contributed by atoms with E-state index in [1.54, 1.807) is 25.2 Å². The second-order valence-electron chi connectivity index (χ2n) is 7.22. The van der Waals surface area contributed by atoms with Gasteiger partial charge in [0, 0.05) is 19.2 Å². The van der Waals surface area contributed by atoms with Crippen LogP contribution in [0, 0.1) is 12.8 Å². The van der Waals surface area contributed by atoms with Gasteiger partial charge in [0.05, 0.1) is 5.52 Å². The number of hydrogen-bond acceptors (Lipinski definition) is 3. The molecular formula is C21H22N2O3. The summed E-state index contributed by atoms with van der Waals surface area (Å²) in [4.78, 5) is 24.2. The van der Waals surface area contributed by atoms with Gasteiger partial charge in [-0.1, -0.05) is 29.8 Å². The molecule has 1 atom stereocenters. The number of nitrogens with one attached hydrogen (secondary N) is 1. The lowest BCUT2D eigenvalue weighted by Gasteiger charge is -2.17. The smallest absolute Gasteiger partial charge is 0.408 e. The molecule has 1 heterocycles. The minimum Gasteiger partial charge on any atom is -0.408 e. The van der Waals surface area contributed by atoms with E-state index >= 15 is 0 Å². The number of carbonyl (C=O) groups excluding carboxylic acids is 1. The van der Waals surface area contributed by atoms with Gasteiger partial charge in [-0.25, -0.2) is 4.79 Å². The van der Waals surface area contributed by atoms with Crippen LogP contribution in [0.2, 0.25) is 0 Å². The number of hydrogen-bond donors (Lipinski definition) is 1. The number of oxazole rings is 1. The van der Waals surface area contributed by atoms with Gasteiger partial charge in [-0.3, -0.25) is 9.36 Å². The van der Waals surface area contributed by atoms with Crippen LogP contribution in [0.3, 0.4) is 0 Å². The summed E-state index contributed by atoms with van der Waals surface area (Å²) in [6.45, 7) is 2.07. The second-order valence-corrected chi connectivity index (χ2v) is 7.22. The number of carbonyl (C=O) groups is 1. The van der Waals surface area contributed by atoms with Crippen LogP contribution < -0.4 is 11.1 Å². The maximum absolute atomic E-state index is 12.6. The molecule has 1 N–H and O–H groups in total. The second kappa shape index (κ2) is 6.48. The number of fused-ring (bicyclic) bond motifs is 1. The van der Waals surface area contributed by atoms with Gasteiger partial charge in [-0.15, -0.1) is 0 Å². The number of benzene rings is 2. The van der Waals surface area contributed by atoms with Crippen LogP contribution in [-0.2, 0) is 11.8 Å². The van der Waals surface area contributed by atoms with Crippen molar-refractivity contribution in [2.45, 2.75) is 32.1 Å². The van der Waals surface area contributed by atoms with E-state index in [4.69, 9.17) is 4.42 Å². The fourth-order valence-electron chi connectivity index (χ4n) is 3.49.